The van der Waals surface area contributed by atoms with E-state index in [1.807, 2.05) is 6.92 Å². The molecule has 2 N–H and O–H groups in total. The van der Waals surface area contributed by atoms with Crippen molar-refractivity contribution in [1.82, 2.24) is 14.8 Å². The lowest BCUT2D eigenvalue weighted by Gasteiger charge is -2.41. The predicted octanol–water partition coefficient (Wildman–Crippen LogP) is 2.06. The Labute approximate surface area is 204 Å². The van der Waals surface area contributed by atoms with E-state index in [1.165, 1.54) is 23.9 Å². The van der Waals surface area contributed by atoms with Crippen molar-refractivity contribution in [2.24, 2.45) is 5.16 Å². The van der Waals surface area contributed by atoms with E-state index in [-0.39, 0.29) is 30.4 Å². The zero-order valence-electron chi connectivity index (χ0n) is 19.6. The van der Waals surface area contributed by atoms with Crippen LogP contribution in [0.2, 0.25) is 0 Å². The molecular weight excluding hydrogens is 478 g/mol. The summed E-state index contributed by atoms with van der Waals surface area (Å²) in [5.41, 5.74) is -2.61. The molecule has 10 nitrogen and oxygen atoms in total. The number of fused-ring (bicyclic) bond motifs is 5. The largest absolute Gasteiger partial charge is 0.503 e. The van der Waals surface area contributed by atoms with Gasteiger partial charge in [-0.3, -0.25) is 14.4 Å². The first-order valence-corrected chi connectivity index (χ1v) is 11.5. The van der Waals surface area contributed by atoms with Crippen LogP contribution in [0, 0.1) is 11.6 Å². The van der Waals surface area contributed by atoms with Crippen LogP contribution in [-0.4, -0.2) is 57.6 Å². The summed E-state index contributed by atoms with van der Waals surface area (Å²) < 4.78 is 33.8. The SMILES string of the molecule is COC1=NO[C@@]2(CC[C@H](C)N3C[C@H]2n2cc(C(=O)NCc4ccc(F)cc4F)c(=O)c(O)c2C3=O)C1. The van der Waals surface area contributed by atoms with Crippen molar-refractivity contribution >= 4 is 17.7 Å². The van der Waals surface area contributed by atoms with Crippen molar-refractivity contribution in [3.8, 4) is 5.75 Å². The monoisotopic (exact) mass is 502 g/mol. The predicted molar refractivity (Wildman–Crippen MR) is 122 cm³/mol. The lowest BCUT2D eigenvalue weighted by atomic mass is 9.85. The Kier molecular flexibility index (Phi) is 5.68. The molecule has 3 atom stereocenters. The molecule has 1 aromatic heterocycles. The molecule has 2 aromatic rings. The molecule has 1 saturated heterocycles. The van der Waals surface area contributed by atoms with Gasteiger partial charge in [-0.25, -0.2) is 8.78 Å². The number of hydrogen-bond donors (Lipinski definition) is 2. The molecule has 2 bridgehead atoms. The number of carbonyl (C=O) groups is 2. The molecule has 36 heavy (non-hydrogen) atoms. The van der Waals surface area contributed by atoms with Crippen LogP contribution in [0.15, 0.2) is 34.3 Å². The van der Waals surface area contributed by atoms with Crippen molar-refractivity contribution in [3.05, 3.63) is 63.1 Å². The summed E-state index contributed by atoms with van der Waals surface area (Å²) in [6, 6.07) is 2.14. The minimum atomic E-state index is -1.03. The molecule has 5 rings (SSSR count). The second-order valence-electron chi connectivity index (χ2n) is 9.28. The van der Waals surface area contributed by atoms with Gasteiger partial charge in [-0.05, 0) is 25.8 Å². The Bertz CT molecular complexity index is 1360. The van der Waals surface area contributed by atoms with E-state index in [0.29, 0.717) is 31.2 Å². The smallest absolute Gasteiger partial charge is 0.274 e. The zero-order valence-corrected chi connectivity index (χ0v) is 19.6. The highest BCUT2D eigenvalue weighted by Gasteiger charge is 2.54. The van der Waals surface area contributed by atoms with Crippen LogP contribution in [0.5, 0.6) is 5.75 Å². The maximum Gasteiger partial charge on any atom is 0.274 e. The number of carbonyl (C=O) groups excluding carboxylic acids is 2. The van der Waals surface area contributed by atoms with Gasteiger partial charge in [0.2, 0.25) is 11.3 Å². The quantitative estimate of drug-likeness (QED) is 0.663. The summed E-state index contributed by atoms with van der Waals surface area (Å²) in [7, 11) is 1.47. The summed E-state index contributed by atoms with van der Waals surface area (Å²) in [4.78, 5) is 46.6. The van der Waals surface area contributed by atoms with Gasteiger partial charge >= 0.3 is 0 Å². The number of hydrogen-bond acceptors (Lipinski definition) is 7. The molecule has 1 spiro atoms. The van der Waals surface area contributed by atoms with Crippen LogP contribution in [0.4, 0.5) is 8.78 Å². The van der Waals surface area contributed by atoms with Crippen LogP contribution >= 0.6 is 0 Å². The number of pyridine rings is 1. The molecule has 190 valence electrons. The van der Waals surface area contributed by atoms with Crippen LogP contribution in [0.3, 0.4) is 0 Å². The summed E-state index contributed by atoms with van der Waals surface area (Å²) in [6.45, 7) is 1.77. The molecular formula is C24H24F2N4O6. The minimum absolute atomic E-state index is 0.0122. The van der Waals surface area contributed by atoms with E-state index in [1.54, 1.807) is 4.90 Å². The number of amides is 2. The number of nitrogens with one attached hydrogen (secondary N) is 1. The number of halogens is 2. The molecule has 1 fully saturated rings. The lowest BCUT2D eigenvalue weighted by molar-refractivity contribution is -0.0655. The molecule has 0 aliphatic carbocycles. The number of benzene rings is 1. The van der Waals surface area contributed by atoms with Gasteiger partial charge in [-0.15, -0.1) is 0 Å². The first kappa shape index (κ1) is 23.8. The van der Waals surface area contributed by atoms with Crippen LogP contribution < -0.4 is 10.7 Å². The van der Waals surface area contributed by atoms with Crippen molar-refractivity contribution in [2.75, 3.05) is 13.7 Å². The molecule has 3 aliphatic heterocycles. The first-order chi connectivity index (χ1) is 17.1. The maximum atomic E-state index is 14.0. The molecule has 12 heteroatoms. The first-order valence-electron chi connectivity index (χ1n) is 11.5. The number of nitrogens with zero attached hydrogens (tertiary/aromatic N) is 3. The standard InChI is InChI=1S/C24H24F2N4O6/c1-12-5-6-24(8-18(35-2)28-36-24)17-11-29(12)23(34)19-21(32)20(31)15(10-30(17)19)22(33)27-9-13-3-4-14(25)7-16(13)26/h3-4,7,10,12,17,32H,5-6,8-9,11H2,1-2H3,(H,27,33)/t12-,17+,24-/m0/s1. The van der Waals surface area contributed by atoms with Gasteiger partial charge in [0.25, 0.3) is 11.8 Å². The van der Waals surface area contributed by atoms with E-state index in [4.69, 9.17) is 9.57 Å². The van der Waals surface area contributed by atoms with Crippen molar-refractivity contribution in [1.29, 1.82) is 0 Å². The molecule has 2 amide bonds. The van der Waals surface area contributed by atoms with Gasteiger partial charge in [0.05, 0.1) is 19.6 Å². The number of rotatable bonds is 3. The zero-order chi connectivity index (χ0) is 25.8. The van der Waals surface area contributed by atoms with Crippen molar-refractivity contribution in [2.45, 2.75) is 50.4 Å². The van der Waals surface area contributed by atoms with E-state index in [0.717, 1.165) is 6.07 Å². The summed E-state index contributed by atoms with van der Waals surface area (Å²) in [6.07, 6.45) is 2.63. The van der Waals surface area contributed by atoms with E-state index < -0.39 is 51.8 Å². The number of methoxy groups -OCH3 is 1. The van der Waals surface area contributed by atoms with E-state index >= 15 is 0 Å². The Hall–Kier alpha value is -3.96. The third-order valence-corrected chi connectivity index (χ3v) is 7.22. The van der Waals surface area contributed by atoms with Crippen LogP contribution in [0.1, 0.15) is 58.6 Å². The highest BCUT2D eigenvalue weighted by molar-refractivity contribution is 5.99. The second kappa shape index (κ2) is 8.61. The Morgan fingerprint density at radius 2 is 2.14 bits per heavy atom. The van der Waals surface area contributed by atoms with Gasteiger partial charge in [0.1, 0.15) is 17.2 Å². The Morgan fingerprint density at radius 1 is 1.36 bits per heavy atom. The second-order valence-corrected chi connectivity index (χ2v) is 9.28. The van der Waals surface area contributed by atoms with E-state index in [2.05, 4.69) is 10.5 Å². The minimum Gasteiger partial charge on any atom is -0.503 e. The average molecular weight is 502 g/mol. The van der Waals surface area contributed by atoms with Crippen molar-refractivity contribution in [3.63, 3.8) is 0 Å². The number of aromatic nitrogens is 1. The van der Waals surface area contributed by atoms with Crippen LogP contribution in [0.25, 0.3) is 0 Å². The fourth-order valence-electron chi connectivity index (χ4n) is 5.13. The summed E-state index contributed by atoms with van der Waals surface area (Å²) in [5.74, 6) is -3.52. The fraction of sp³-hybridized carbons (Fsp3) is 0.417. The third kappa shape index (κ3) is 3.67. The molecule has 0 saturated carbocycles. The Balaban J connectivity index is 1.54. The van der Waals surface area contributed by atoms with Gasteiger partial charge in [-0.2, -0.15) is 0 Å². The van der Waals surface area contributed by atoms with Gasteiger partial charge in [-0.1, -0.05) is 11.2 Å². The highest BCUT2D eigenvalue weighted by atomic mass is 19.1. The summed E-state index contributed by atoms with van der Waals surface area (Å²) in [5, 5.41) is 17.3. The third-order valence-electron chi connectivity index (χ3n) is 7.22. The summed E-state index contributed by atoms with van der Waals surface area (Å²) >= 11 is 0. The lowest BCUT2D eigenvalue weighted by Crippen LogP contribution is -2.52. The molecule has 0 unspecified atom stereocenters. The highest BCUT2D eigenvalue weighted by Crippen LogP contribution is 2.46. The van der Waals surface area contributed by atoms with Gasteiger partial charge in [0.15, 0.2) is 17.0 Å². The van der Waals surface area contributed by atoms with Gasteiger partial charge in [0, 0.05) is 37.0 Å². The van der Waals surface area contributed by atoms with E-state index in [9.17, 15) is 28.3 Å². The molecule has 4 heterocycles. The normalized spacial score (nSPS) is 24.6. The molecule has 0 radical (unpaired) electrons. The van der Waals surface area contributed by atoms with Gasteiger partial charge < -0.3 is 29.5 Å². The number of aromatic hydroxyl groups is 1. The maximum absolute atomic E-state index is 14.0. The average Bonchev–Trinajstić information content (AvgIpc) is 3.23. The fourth-order valence-corrected chi connectivity index (χ4v) is 5.13. The molecule has 3 aliphatic rings. The van der Waals surface area contributed by atoms with Crippen molar-refractivity contribution < 1.29 is 33.1 Å². The Morgan fingerprint density at radius 3 is 2.83 bits per heavy atom. The molecule has 1 aromatic carbocycles. The number of ether oxygens (including phenoxy) is 1. The number of oxime groups is 1. The topological polar surface area (TPSA) is 122 Å². The van der Waals surface area contributed by atoms with Crippen LogP contribution in [-0.2, 0) is 16.1 Å².